The van der Waals surface area contributed by atoms with Crippen molar-refractivity contribution in [1.29, 1.82) is 0 Å². The summed E-state index contributed by atoms with van der Waals surface area (Å²) in [6.07, 6.45) is -3.09. The van der Waals surface area contributed by atoms with Gasteiger partial charge in [-0.25, -0.2) is 4.79 Å². The highest BCUT2D eigenvalue weighted by Gasteiger charge is 2.65. The highest BCUT2D eigenvalue weighted by atomic mass is 16.6. The highest BCUT2D eigenvalue weighted by molar-refractivity contribution is 5.85. The van der Waals surface area contributed by atoms with Crippen molar-refractivity contribution in [1.82, 2.24) is 0 Å². The first-order valence-electron chi connectivity index (χ1n) is 9.98. The number of quaternary nitrogens is 1. The molecule has 2 amide bonds. The van der Waals surface area contributed by atoms with Crippen LogP contribution in [0.2, 0.25) is 0 Å². The predicted molar refractivity (Wildman–Crippen MR) is 108 cm³/mol. The number of imide groups is 1. The van der Waals surface area contributed by atoms with Crippen molar-refractivity contribution >= 4 is 18.2 Å². The van der Waals surface area contributed by atoms with Crippen LogP contribution in [-0.4, -0.2) is 57.6 Å². The number of hydrogen-bond donors (Lipinski definition) is 1. The van der Waals surface area contributed by atoms with E-state index in [0.717, 1.165) is 5.56 Å². The van der Waals surface area contributed by atoms with Crippen molar-refractivity contribution in [2.24, 2.45) is 0 Å². The fourth-order valence-corrected chi connectivity index (χ4v) is 3.24. The molecule has 2 atom stereocenters. The van der Waals surface area contributed by atoms with Crippen LogP contribution in [0.15, 0.2) is 30.3 Å². The molecule has 1 aliphatic rings. The number of carbonyl (C=O) groups is 3. The number of likely N-dealkylation sites (tertiary alicyclic amines) is 1. The summed E-state index contributed by atoms with van der Waals surface area (Å²) in [5.41, 5.74) is -1.05. The molecule has 1 heterocycles. The number of aliphatic hydroxyl groups excluding tert-OH is 1. The lowest BCUT2D eigenvalue weighted by Crippen LogP contribution is -2.64. The fourth-order valence-electron chi connectivity index (χ4n) is 3.24. The van der Waals surface area contributed by atoms with E-state index in [1.54, 1.807) is 53.7 Å². The van der Waals surface area contributed by atoms with Gasteiger partial charge in [0.25, 0.3) is 0 Å². The molecule has 0 bridgehead atoms. The number of benzene rings is 1. The first kappa shape index (κ1) is 23.8. The number of rotatable bonds is 3. The molecule has 0 unspecified atom stereocenters. The largest absolute Gasteiger partial charge is 0.528 e. The summed E-state index contributed by atoms with van der Waals surface area (Å²) in [4.78, 5) is 39.3. The van der Waals surface area contributed by atoms with Crippen LogP contribution in [0.25, 0.3) is 0 Å². The van der Waals surface area contributed by atoms with E-state index in [1.165, 1.54) is 0 Å². The Morgan fingerprint density at radius 1 is 0.967 bits per heavy atom. The third-order valence-electron chi connectivity index (χ3n) is 4.46. The maximum Gasteiger partial charge on any atom is 0.528 e. The van der Waals surface area contributed by atoms with Gasteiger partial charge in [-0.2, -0.15) is 9.59 Å². The quantitative estimate of drug-likeness (QED) is 0.452. The molecule has 1 saturated heterocycles. The van der Waals surface area contributed by atoms with Crippen LogP contribution < -0.4 is 0 Å². The Hall–Kier alpha value is -2.45. The minimum Gasteiger partial charge on any atom is -0.456 e. The molecule has 30 heavy (non-hydrogen) atoms. The first-order valence-corrected chi connectivity index (χ1v) is 9.98. The van der Waals surface area contributed by atoms with E-state index in [1.807, 2.05) is 18.2 Å². The lowest BCUT2D eigenvalue weighted by molar-refractivity contribution is -0.793. The van der Waals surface area contributed by atoms with E-state index < -0.39 is 46.0 Å². The average Bonchev–Trinajstić information content (AvgIpc) is 2.96. The van der Waals surface area contributed by atoms with Crippen molar-refractivity contribution in [2.75, 3.05) is 6.54 Å². The second-order valence-corrected chi connectivity index (χ2v) is 9.51. The monoisotopic (exact) mass is 422 g/mol. The number of esters is 1. The predicted octanol–water partition coefficient (Wildman–Crippen LogP) is 3.55. The summed E-state index contributed by atoms with van der Waals surface area (Å²) in [6, 6.07) is 7.77. The van der Waals surface area contributed by atoms with Gasteiger partial charge in [0.15, 0.2) is 0 Å². The minimum atomic E-state index is -1.27. The number of aliphatic hydroxyl groups is 1. The molecular formula is C22H32NO7+. The van der Waals surface area contributed by atoms with E-state index in [0.29, 0.717) is 0 Å². The Bertz CT molecular complexity index is 749. The Labute approximate surface area is 177 Å². The molecule has 2 rings (SSSR count). The Balaban J connectivity index is 2.36. The molecule has 166 valence electrons. The Morgan fingerprint density at radius 2 is 1.47 bits per heavy atom. The second kappa shape index (κ2) is 8.73. The number of carbonyl (C=O) groups excluding carboxylic acids is 3. The second-order valence-electron chi connectivity index (χ2n) is 9.51. The topological polar surface area (TPSA) is 99.1 Å². The molecule has 0 saturated carbocycles. The molecule has 0 aromatic heterocycles. The maximum absolute atomic E-state index is 13.2. The van der Waals surface area contributed by atoms with Crippen LogP contribution in [0.4, 0.5) is 9.59 Å². The number of nitrogens with zero attached hydrogens (tertiary/aromatic N) is 1. The van der Waals surface area contributed by atoms with Crippen molar-refractivity contribution in [3.05, 3.63) is 35.9 Å². The molecular weight excluding hydrogens is 390 g/mol. The normalized spacial score (nSPS) is 21.0. The van der Waals surface area contributed by atoms with Crippen LogP contribution in [0.3, 0.4) is 0 Å². The van der Waals surface area contributed by atoms with Gasteiger partial charge in [-0.1, -0.05) is 30.3 Å². The molecule has 1 aliphatic heterocycles. The summed E-state index contributed by atoms with van der Waals surface area (Å²) >= 11 is 0. The van der Waals surface area contributed by atoms with Crippen LogP contribution >= 0.6 is 0 Å². The summed E-state index contributed by atoms with van der Waals surface area (Å²) in [5, 5.41) is 10.3. The molecule has 0 radical (unpaired) electrons. The van der Waals surface area contributed by atoms with Gasteiger partial charge in [-0.3, -0.25) is 0 Å². The number of hydrogen-bond acceptors (Lipinski definition) is 7. The zero-order valence-electron chi connectivity index (χ0n) is 18.5. The first-order chi connectivity index (χ1) is 13.7. The van der Waals surface area contributed by atoms with Crippen molar-refractivity contribution in [3.63, 3.8) is 0 Å². The van der Waals surface area contributed by atoms with Gasteiger partial charge in [-0.15, -0.1) is 4.48 Å². The molecule has 1 N–H and O–H groups in total. The van der Waals surface area contributed by atoms with Gasteiger partial charge in [0.1, 0.15) is 30.5 Å². The van der Waals surface area contributed by atoms with Crippen molar-refractivity contribution in [3.8, 4) is 0 Å². The van der Waals surface area contributed by atoms with E-state index in [4.69, 9.17) is 14.2 Å². The van der Waals surface area contributed by atoms with E-state index in [9.17, 15) is 19.5 Å². The summed E-state index contributed by atoms with van der Waals surface area (Å²) in [6.45, 7) is 9.61. The van der Waals surface area contributed by atoms with Gasteiger partial charge in [0.05, 0.1) is 0 Å². The molecule has 1 aromatic carbocycles. The maximum atomic E-state index is 13.2. The molecule has 1 aromatic rings. The Morgan fingerprint density at radius 3 is 1.93 bits per heavy atom. The minimum absolute atomic E-state index is 0.0189. The SMILES string of the molecule is CC(C)(C)OC(=O)[N+]1(C(=O)OC(C)(C)C)C[C@@H](O)C[C@@H]1C(=O)OCc1ccccc1. The third-order valence-corrected chi connectivity index (χ3v) is 4.46. The standard InChI is InChI=1S/C22H32NO7/c1-21(2,3)29-19(26)23(20(27)30-22(4,5)6)13-16(24)12-17(23)18(25)28-14-15-10-8-7-9-11-15/h7-11,16-17,24H,12-14H2,1-6H3/q+1/t16-,17+/m0/s1. The number of ether oxygens (including phenoxy) is 3. The smallest absolute Gasteiger partial charge is 0.456 e. The lowest BCUT2D eigenvalue weighted by Gasteiger charge is -2.34. The molecule has 1 fully saturated rings. The number of amides is 2. The fraction of sp³-hybridized carbons (Fsp3) is 0.591. The van der Waals surface area contributed by atoms with Crippen molar-refractivity contribution < 1.29 is 38.2 Å². The summed E-state index contributed by atoms with van der Waals surface area (Å²) in [5.74, 6) is -0.771. The lowest BCUT2D eigenvalue weighted by atomic mass is 10.1. The molecule has 8 nitrogen and oxygen atoms in total. The van der Waals surface area contributed by atoms with Gasteiger partial charge in [0.2, 0.25) is 6.04 Å². The van der Waals surface area contributed by atoms with E-state index in [2.05, 4.69) is 0 Å². The Kier molecular flexibility index (Phi) is 6.94. The van der Waals surface area contributed by atoms with Crippen LogP contribution in [0.1, 0.15) is 53.5 Å². The summed E-state index contributed by atoms with van der Waals surface area (Å²) < 4.78 is 15.2. The molecule has 0 spiro atoms. The summed E-state index contributed by atoms with van der Waals surface area (Å²) in [7, 11) is 0. The van der Waals surface area contributed by atoms with Crippen LogP contribution in [0, 0.1) is 0 Å². The zero-order valence-corrected chi connectivity index (χ0v) is 18.5. The van der Waals surface area contributed by atoms with Gasteiger partial charge in [-0.05, 0) is 47.1 Å². The van der Waals surface area contributed by atoms with Crippen molar-refractivity contribution in [2.45, 2.75) is 77.9 Å². The van der Waals surface area contributed by atoms with Gasteiger partial charge in [0, 0.05) is 6.42 Å². The average molecular weight is 422 g/mol. The molecule has 0 aliphatic carbocycles. The van der Waals surface area contributed by atoms with Crippen LogP contribution in [0.5, 0.6) is 0 Å². The van der Waals surface area contributed by atoms with Gasteiger partial charge < -0.3 is 19.3 Å². The highest BCUT2D eigenvalue weighted by Crippen LogP contribution is 2.34. The van der Waals surface area contributed by atoms with E-state index >= 15 is 0 Å². The van der Waals surface area contributed by atoms with Gasteiger partial charge >= 0.3 is 18.2 Å². The van der Waals surface area contributed by atoms with E-state index in [-0.39, 0.29) is 19.6 Å². The van der Waals surface area contributed by atoms with Crippen LogP contribution in [-0.2, 0) is 25.6 Å². The molecule has 8 heteroatoms. The zero-order chi connectivity index (χ0) is 22.7. The third kappa shape index (κ3) is 5.79.